The largest absolute Gasteiger partial charge is 0.490 e. The van der Waals surface area contributed by atoms with Crippen LogP contribution in [-0.2, 0) is 4.74 Å². The minimum Gasteiger partial charge on any atom is -0.490 e. The first kappa shape index (κ1) is 16.8. The molecule has 0 radical (unpaired) electrons. The van der Waals surface area contributed by atoms with Crippen LogP contribution in [0.4, 0.5) is 0 Å². The van der Waals surface area contributed by atoms with Crippen molar-refractivity contribution >= 4 is 5.97 Å². The van der Waals surface area contributed by atoms with Crippen LogP contribution >= 0.6 is 0 Å². The zero-order valence-corrected chi connectivity index (χ0v) is 14.2. The van der Waals surface area contributed by atoms with Crippen molar-refractivity contribution in [3.63, 3.8) is 0 Å². The monoisotopic (exact) mass is 337 g/mol. The molecule has 0 spiro atoms. The summed E-state index contributed by atoms with van der Waals surface area (Å²) in [6.07, 6.45) is 0.0451. The van der Waals surface area contributed by atoms with E-state index in [-0.39, 0.29) is 25.2 Å². The Hall–Kier alpha value is -3.00. The van der Waals surface area contributed by atoms with Crippen LogP contribution in [0.2, 0.25) is 0 Å². The van der Waals surface area contributed by atoms with Crippen LogP contribution in [0.25, 0.3) is 0 Å². The van der Waals surface area contributed by atoms with Crippen molar-refractivity contribution in [2.24, 2.45) is 0 Å². The van der Waals surface area contributed by atoms with Gasteiger partial charge in [-0.1, -0.05) is 19.1 Å². The SMILES string of the molecule is C[C@H]1Oc2c(C(=O)OCCOc3ccc(C#N)cc3)cccc2[C@@H]1C. The van der Waals surface area contributed by atoms with Crippen LogP contribution in [0.15, 0.2) is 42.5 Å². The van der Waals surface area contributed by atoms with E-state index < -0.39 is 5.97 Å². The standard InChI is InChI=1S/C20H19NO4/c1-13-14(2)25-19-17(13)4-3-5-18(19)20(22)24-11-10-23-16-8-6-15(12-21)7-9-16/h3-9,13-14H,10-11H2,1-2H3/t13-,14-/m1/s1. The van der Waals surface area contributed by atoms with Crippen molar-refractivity contribution in [2.75, 3.05) is 13.2 Å². The van der Waals surface area contributed by atoms with Gasteiger partial charge < -0.3 is 14.2 Å². The second kappa shape index (κ2) is 7.27. The Bertz CT molecular complexity index is 807. The van der Waals surface area contributed by atoms with Crippen molar-refractivity contribution in [1.82, 2.24) is 0 Å². The van der Waals surface area contributed by atoms with E-state index in [1.165, 1.54) is 0 Å². The van der Waals surface area contributed by atoms with E-state index in [1.54, 1.807) is 30.3 Å². The molecule has 2 aromatic rings. The molecule has 1 aliphatic rings. The molecule has 1 aliphatic heterocycles. The third-order valence-corrected chi connectivity index (χ3v) is 4.33. The first-order valence-electron chi connectivity index (χ1n) is 8.20. The number of hydrogen-bond acceptors (Lipinski definition) is 5. The van der Waals surface area contributed by atoms with Gasteiger partial charge in [0.15, 0.2) is 0 Å². The normalized spacial score (nSPS) is 18.0. The molecule has 0 N–H and O–H groups in total. The first-order chi connectivity index (χ1) is 12.1. The van der Waals surface area contributed by atoms with Gasteiger partial charge in [0.1, 0.15) is 36.4 Å². The number of hydrogen-bond donors (Lipinski definition) is 0. The number of carbonyl (C=O) groups is 1. The van der Waals surface area contributed by atoms with Crippen molar-refractivity contribution in [2.45, 2.75) is 25.9 Å². The van der Waals surface area contributed by atoms with Gasteiger partial charge in [0.25, 0.3) is 0 Å². The van der Waals surface area contributed by atoms with Gasteiger partial charge in [-0.2, -0.15) is 5.26 Å². The Balaban J connectivity index is 1.54. The van der Waals surface area contributed by atoms with Crippen molar-refractivity contribution < 1.29 is 19.0 Å². The molecule has 2 aromatic carbocycles. The molecule has 2 atom stereocenters. The number of para-hydroxylation sites is 1. The van der Waals surface area contributed by atoms with E-state index >= 15 is 0 Å². The highest BCUT2D eigenvalue weighted by atomic mass is 16.6. The van der Waals surface area contributed by atoms with Crippen LogP contribution in [-0.4, -0.2) is 25.3 Å². The molecule has 0 fully saturated rings. The van der Waals surface area contributed by atoms with Crippen LogP contribution < -0.4 is 9.47 Å². The second-order valence-electron chi connectivity index (χ2n) is 5.96. The lowest BCUT2D eigenvalue weighted by Gasteiger charge is -2.10. The zero-order valence-electron chi connectivity index (χ0n) is 14.2. The van der Waals surface area contributed by atoms with E-state index in [9.17, 15) is 4.79 Å². The molecule has 0 saturated carbocycles. The summed E-state index contributed by atoms with van der Waals surface area (Å²) in [5.74, 6) is 1.09. The topological polar surface area (TPSA) is 68.6 Å². The minimum absolute atomic E-state index is 0.0451. The molecule has 3 rings (SSSR count). The molecule has 25 heavy (non-hydrogen) atoms. The van der Waals surface area contributed by atoms with Gasteiger partial charge in [0.2, 0.25) is 0 Å². The fourth-order valence-corrected chi connectivity index (χ4v) is 2.74. The fraction of sp³-hybridized carbons (Fsp3) is 0.300. The maximum Gasteiger partial charge on any atom is 0.342 e. The Morgan fingerprint density at radius 3 is 2.64 bits per heavy atom. The highest BCUT2D eigenvalue weighted by Crippen LogP contribution is 2.40. The maximum absolute atomic E-state index is 12.3. The highest BCUT2D eigenvalue weighted by Gasteiger charge is 2.31. The summed E-state index contributed by atoms with van der Waals surface area (Å²) in [4.78, 5) is 12.3. The predicted molar refractivity (Wildman–Crippen MR) is 91.9 cm³/mol. The predicted octanol–water partition coefficient (Wildman–Crippen LogP) is 3.68. The highest BCUT2D eigenvalue weighted by molar-refractivity contribution is 5.93. The molecular weight excluding hydrogens is 318 g/mol. The molecular formula is C20H19NO4. The van der Waals surface area contributed by atoms with Gasteiger partial charge in [0, 0.05) is 11.5 Å². The van der Waals surface area contributed by atoms with E-state index in [2.05, 4.69) is 6.92 Å². The van der Waals surface area contributed by atoms with E-state index in [4.69, 9.17) is 19.5 Å². The Kier molecular flexibility index (Phi) is 4.90. The van der Waals surface area contributed by atoms with Crippen molar-refractivity contribution in [3.05, 3.63) is 59.2 Å². The summed E-state index contributed by atoms with van der Waals surface area (Å²) < 4.78 is 16.6. The van der Waals surface area contributed by atoms with Crippen LogP contribution in [0.1, 0.15) is 41.3 Å². The number of ether oxygens (including phenoxy) is 3. The summed E-state index contributed by atoms with van der Waals surface area (Å²) in [6.45, 7) is 4.44. The summed E-state index contributed by atoms with van der Waals surface area (Å²) in [5.41, 5.74) is 2.06. The van der Waals surface area contributed by atoms with E-state index in [0.717, 1.165) is 5.56 Å². The lowest BCUT2D eigenvalue weighted by atomic mass is 9.97. The number of nitrogens with zero attached hydrogens (tertiary/aromatic N) is 1. The molecule has 0 amide bonds. The minimum atomic E-state index is -0.415. The molecule has 0 bridgehead atoms. The maximum atomic E-state index is 12.3. The second-order valence-corrected chi connectivity index (χ2v) is 5.96. The summed E-state index contributed by atoms with van der Waals surface area (Å²) in [6, 6.07) is 14.4. The molecule has 0 aliphatic carbocycles. The van der Waals surface area contributed by atoms with Gasteiger partial charge in [-0.3, -0.25) is 0 Å². The van der Waals surface area contributed by atoms with Gasteiger partial charge in [0.05, 0.1) is 11.6 Å². The molecule has 1 heterocycles. The number of benzene rings is 2. The summed E-state index contributed by atoms with van der Waals surface area (Å²) >= 11 is 0. The third kappa shape index (κ3) is 3.58. The summed E-state index contributed by atoms with van der Waals surface area (Å²) in [5, 5.41) is 8.75. The van der Waals surface area contributed by atoms with E-state index in [0.29, 0.717) is 22.6 Å². The number of fused-ring (bicyclic) bond motifs is 1. The third-order valence-electron chi connectivity index (χ3n) is 4.33. The van der Waals surface area contributed by atoms with Crippen molar-refractivity contribution in [1.29, 1.82) is 5.26 Å². The lowest BCUT2D eigenvalue weighted by Crippen LogP contribution is -2.14. The Labute approximate surface area is 146 Å². The van der Waals surface area contributed by atoms with Crippen LogP contribution in [0, 0.1) is 11.3 Å². The van der Waals surface area contributed by atoms with E-state index in [1.807, 2.05) is 25.1 Å². The fourth-order valence-electron chi connectivity index (χ4n) is 2.74. The average molecular weight is 337 g/mol. The van der Waals surface area contributed by atoms with Gasteiger partial charge >= 0.3 is 5.97 Å². The van der Waals surface area contributed by atoms with Crippen molar-refractivity contribution in [3.8, 4) is 17.6 Å². The number of carbonyl (C=O) groups excluding carboxylic acids is 1. The number of rotatable bonds is 5. The Morgan fingerprint density at radius 2 is 1.92 bits per heavy atom. The molecule has 0 unspecified atom stereocenters. The first-order valence-corrected chi connectivity index (χ1v) is 8.20. The molecule has 5 nitrogen and oxygen atoms in total. The quantitative estimate of drug-likeness (QED) is 0.615. The van der Waals surface area contributed by atoms with Crippen LogP contribution in [0.3, 0.4) is 0 Å². The van der Waals surface area contributed by atoms with Crippen LogP contribution in [0.5, 0.6) is 11.5 Å². The average Bonchev–Trinajstić information content (AvgIpc) is 2.93. The lowest BCUT2D eigenvalue weighted by molar-refractivity contribution is 0.0445. The Morgan fingerprint density at radius 1 is 1.16 bits per heavy atom. The van der Waals surface area contributed by atoms with Gasteiger partial charge in [-0.05, 0) is 37.3 Å². The summed E-state index contributed by atoms with van der Waals surface area (Å²) in [7, 11) is 0. The smallest absolute Gasteiger partial charge is 0.342 e. The number of esters is 1. The van der Waals surface area contributed by atoms with Gasteiger partial charge in [-0.25, -0.2) is 4.79 Å². The molecule has 5 heteroatoms. The van der Waals surface area contributed by atoms with Gasteiger partial charge in [-0.15, -0.1) is 0 Å². The zero-order chi connectivity index (χ0) is 17.8. The molecule has 0 aromatic heterocycles. The number of nitriles is 1. The molecule has 0 saturated heterocycles. The molecule has 128 valence electrons.